The number of benzene rings is 2. The van der Waals surface area contributed by atoms with Gasteiger partial charge in [-0.2, -0.15) is 0 Å². The molecule has 25 heavy (non-hydrogen) atoms. The molecule has 0 fully saturated rings. The van der Waals surface area contributed by atoms with Crippen LogP contribution in [0.3, 0.4) is 0 Å². The lowest BCUT2D eigenvalue weighted by Gasteiger charge is -2.06. The van der Waals surface area contributed by atoms with E-state index in [1.807, 2.05) is 30.1 Å². The second-order valence-corrected chi connectivity index (χ2v) is 6.22. The summed E-state index contributed by atoms with van der Waals surface area (Å²) in [5.41, 5.74) is 6.83. The molecule has 4 rings (SSSR count). The minimum Gasteiger partial charge on any atom is -0.461 e. The average molecular weight is 333 g/mol. The molecule has 0 atom stereocenters. The first-order valence-electron chi connectivity index (χ1n) is 8.28. The zero-order valence-corrected chi connectivity index (χ0v) is 14.5. The Morgan fingerprint density at radius 2 is 2.04 bits per heavy atom. The molecule has 0 bridgehead atoms. The summed E-state index contributed by atoms with van der Waals surface area (Å²) in [6.07, 6.45) is 1.82. The Balaban J connectivity index is 1.83. The maximum absolute atomic E-state index is 12.0. The Labute approximate surface area is 145 Å². The molecule has 1 N–H and O–H groups in total. The summed E-state index contributed by atoms with van der Waals surface area (Å²) < 4.78 is 7.10. The van der Waals surface area contributed by atoms with E-state index in [1.165, 1.54) is 0 Å². The van der Waals surface area contributed by atoms with Crippen molar-refractivity contribution in [1.82, 2.24) is 14.5 Å². The number of aromatic amines is 1. The number of ether oxygens (including phenoxy) is 1. The molecule has 2 aromatic carbocycles. The van der Waals surface area contributed by atoms with Gasteiger partial charge >= 0.3 is 5.97 Å². The largest absolute Gasteiger partial charge is 0.461 e. The van der Waals surface area contributed by atoms with E-state index in [2.05, 4.69) is 41.2 Å². The van der Waals surface area contributed by atoms with Gasteiger partial charge in [-0.05, 0) is 54.8 Å². The highest BCUT2D eigenvalue weighted by atomic mass is 16.5. The molecule has 2 aromatic heterocycles. The van der Waals surface area contributed by atoms with Crippen LogP contribution in [-0.4, -0.2) is 27.1 Å². The van der Waals surface area contributed by atoms with Crippen LogP contribution in [0.4, 0.5) is 0 Å². The van der Waals surface area contributed by atoms with E-state index < -0.39 is 0 Å². The third kappa shape index (κ3) is 2.58. The summed E-state index contributed by atoms with van der Waals surface area (Å²) >= 11 is 0. The smallest absolute Gasteiger partial charge is 0.354 e. The van der Waals surface area contributed by atoms with E-state index >= 15 is 0 Å². The van der Waals surface area contributed by atoms with Gasteiger partial charge in [0.1, 0.15) is 5.69 Å². The maximum atomic E-state index is 12.0. The van der Waals surface area contributed by atoms with Crippen LogP contribution in [0.1, 0.15) is 23.0 Å². The summed E-state index contributed by atoms with van der Waals surface area (Å²) in [7, 11) is 1.99. The fourth-order valence-corrected chi connectivity index (χ4v) is 3.21. The van der Waals surface area contributed by atoms with Gasteiger partial charge in [-0.15, -0.1) is 0 Å². The highest BCUT2D eigenvalue weighted by Crippen LogP contribution is 2.30. The van der Waals surface area contributed by atoms with Crippen LogP contribution in [0, 0.1) is 6.92 Å². The number of esters is 1. The van der Waals surface area contributed by atoms with Gasteiger partial charge in [0.05, 0.1) is 24.0 Å². The van der Waals surface area contributed by atoms with E-state index in [0.717, 1.165) is 38.6 Å². The van der Waals surface area contributed by atoms with Crippen LogP contribution in [0.25, 0.3) is 33.1 Å². The van der Waals surface area contributed by atoms with Crippen molar-refractivity contribution in [1.29, 1.82) is 0 Å². The molecule has 4 aromatic rings. The first-order valence-corrected chi connectivity index (χ1v) is 8.28. The molecule has 0 spiro atoms. The lowest BCUT2D eigenvalue weighted by Crippen LogP contribution is -2.04. The molecule has 2 heterocycles. The topological polar surface area (TPSA) is 59.9 Å². The predicted octanol–water partition coefficient (Wildman–Crippen LogP) is 4.21. The molecular formula is C20H19N3O2. The quantitative estimate of drug-likeness (QED) is 0.571. The lowest BCUT2D eigenvalue weighted by atomic mass is 10.0. The number of hydrogen-bond acceptors (Lipinski definition) is 3. The fraction of sp³-hybridized carbons (Fsp3) is 0.200. The number of carbonyl (C=O) groups excluding carboxylic acids is 1. The van der Waals surface area contributed by atoms with Gasteiger partial charge in [0.15, 0.2) is 0 Å². The van der Waals surface area contributed by atoms with Crippen LogP contribution in [0.5, 0.6) is 0 Å². The van der Waals surface area contributed by atoms with Gasteiger partial charge in [-0.3, -0.25) is 0 Å². The fourth-order valence-electron chi connectivity index (χ4n) is 3.21. The van der Waals surface area contributed by atoms with E-state index in [4.69, 9.17) is 4.74 Å². The Bertz CT molecular complexity index is 1100. The average Bonchev–Trinajstić information content (AvgIpc) is 3.19. The third-order valence-corrected chi connectivity index (χ3v) is 4.50. The second kappa shape index (κ2) is 5.77. The van der Waals surface area contributed by atoms with Crippen molar-refractivity contribution < 1.29 is 9.53 Å². The molecule has 0 aliphatic rings. The number of nitrogens with one attached hydrogen (secondary N) is 1. The van der Waals surface area contributed by atoms with E-state index in [0.29, 0.717) is 12.3 Å². The highest BCUT2D eigenvalue weighted by molar-refractivity contribution is 5.97. The van der Waals surface area contributed by atoms with Crippen molar-refractivity contribution in [3.05, 3.63) is 54.0 Å². The monoisotopic (exact) mass is 333 g/mol. The standard InChI is InChI=1S/C20H19N3O2/c1-4-25-20(24)18-10-15-12(2)7-14(8-17(15)22-18)13-5-6-16-19(9-13)23(3)11-21-16/h5-11,22H,4H2,1-3H3. The van der Waals surface area contributed by atoms with Crippen molar-refractivity contribution in [2.24, 2.45) is 7.05 Å². The van der Waals surface area contributed by atoms with Crippen LogP contribution in [0.2, 0.25) is 0 Å². The van der Waals surface area contributed by atoms with E-state index in [1.54, 1.807) is 6.92 Å². The van der Waals surface area contributed by atoms with Gasteiger partial charge in [-0.1, -0.05) is 12.1 Å². The van der Waals surface area contributed by atoms with Gasteiger partial charge < -0.3 is 14.3 Å². The van der Waals surface area contributed by atoms with Gasteiger partial charge in [0, 0.05) is 18.0 Å². The summed E-state index contributed by atoms with van der Waals surface area (Å²) in [6, 6.07) is 12.3. The highest BCUT2D eigenvalue weighted by Gasteiger charge is 2.13. The number of H-pyrrole nitrogens is 1. The zero-order valence-electron chi connectivity index (χ0n) is 14.5. The predicted molar refractivity (Wildman–Crippen MR) is 98.7 cm³/mol. The van der Waals surface area contributed by atoms with Gasteiger partial charge in [-0.25, -0.2) is 9.78 Å². The molecule has 126 valence electrons. The van der Waals surface area contributed by atoms with Gasteiger partial charge in [0.2, 0.25) is 0 Å². The SMILES string of the molecule is CCOC(=O)c1cc2c(C)cc(-c3ccc4ncn(C)c4c3)cc2[nH]1. The number of fused-ring (bicyclic) bond motifs is 2. The van der Waals surface area contributed by atoms with Crippen molar-refractivity contribution in [2.45, 2.75) is 13.8 Å². The minimum absolute atomic E-state index is 0.323. The first-order chi connectivity index (χ1) is 12.1. The van der Waals surface area contributed by atoms with Crippen molar-refractivity contribution in [2.75, 3.05) is 6.61 Å². The molecule has 5 nitrogen and oxygen atoms in total. The molecule has 0 unspecified atom stereocenters. The van der Waals surface area contributed by atoms with Gasteiger partial charge in [0.25, 0.3) is 0 Å². The number of rotatable bonds is 3. The van der Waals surface area contributed by atoms with Crippen LogP contribution in [-0.2, 0) is 11.8 Å². The van der Waals surface area contributed by atoms with E-state index in [-0.39, 0.29) is 5.97 Å². The molecule has 0 aliphatic heterocycles. The normalized spacial score (nSPS) is 11.3. The molecule has 0 radical (unpaired) electrons. The molecule has 0 amide bonds. The van der Waals surface area contributed by atoms with E-state index in [9.17, 15) is 4.79 Å². The minimum atomic E-state index is -0.323. The molecule has 0 aliphatic carbocycles. The molecule has 5 heteroatoms. The lowest BCUT2D eigenvalue weighted by molar-refractivity contribution is 0.0520. The number of aryl methyl sites for hydroxylation is 2. The summed E-state index contributed by atoms with van der Waals surface area (Å²) in [5, 5.41) is 1.04. The summed E-state index contributed by atoms with van der Waals surface area (Å²) in [5.74, 6) is -0.323. The van der Waals surface area contributed by atoms with Crippen LogP contribution in [0.15, 0.2) is 42.7 Å². The number of carbonyl (C=O) groups is 1. The molecule has 0 saturated heterocycles. The Morgan fingerprint density at radius 1 is 1.20 bits per heavy atom. The number of imidazole rings is 1. The first kappa shape index (κ1) is 15.4. The van der Waals surface area contributed by atoms with Crippen LogP contribution < -0.4 is 0 Å². The van der Waals surface area contributed by atoms with Crippen molar-refractivity contribution in [3.8, 4) is 11.1 Å². The molecular weight excluding hydrogens is 314 g/mol. The van der Waals surface area contributed by atoms with Crippen molar-refractivity contribution >= 4 is 27.9 Å². The Kier molecular flexibility index (Phi) is 3.57. The maximum Gasteiger partial charge on any atom is 0.354 e. The van der Waals surface area contributed by atoms with Crippen molar-refractivity contribution in [3.63, 3.8) is 0 Å². The molecule has 0 saturated carbocycles. The summed E-state index contributed by atoms with van der Waals surface area (Å²) in [4.78, 5) is 19.5. The number of nitrogens with zero attached hydrogens (tertiary/aromatic N) is 2. The summed E-state index contributed by atoms with van der Waals surface area (Å²) in [6.45, 7) is 4.22. The Hall–Kier alpha value is -3.08. The third-order valence-electron chi connectivity index (χ3n) is 4.50. The number of hydrogen-bond donors (Lipinski definition) is 1. The van der Waals surface area contributed by atoms with Crippen LogP contribution >= 0.6 is 0 Å². The Morgan fingerprint density at radius 3 is 2.84 bits per heavy atom. The second-order valence-electron chi connectivity index (χ2n) is 6.22. The number of aromatic nitrogens is 3. The zero-order chi connectivity index (χ0) is 17.6.